The zero-order chi connectivity index (χ0) is 16.0. The molecule has 21 heavy (non-hydrogen) atoms. The topological polar surface area (TPSA) is 83.1 Å². The van der Waals surface area contributed by atoms with Crippen LogP contribution in [0.2, 0.25) is 0 Å². The van der Waals surface area contributed by atoms with Gasteiger partial charge in [-0.15, -0.1) is 0 Å². The molecular formula is C14H19NO6. The normalized spacial score (nSPS) is 11.3. The van der Waals surface area contributed by atoms with Crippen LogP contribution in [0, 0.1) is 0 Å². The number of hydrogen-bond acceptors (Lipinski definition) is 6. The summed E-state index contributed by atoms with van der Waals surface area (Å²) in [5, 5.41) is 2.52. The number of rotatable bonds is 6. The molecule has 1 unspecified atom stereocenters. The summed E-state index contributed by atoms with van der Waals surface area (Å²) >= 11 is 0. The van der Waals surface area contributed by atoms with E-state index in [2.05, 4.69) is 10.1 Å². The van der Waals surface area contributed by atoms with Crippen LogP contribution in [-0.4, -0.2) is 46.4 Å². The van der Waals surface area contributed by atoms with Gasteiger partial charge in [0.1, 0.15) is 6.04 Å². The molecule has 0 heterocycles. The Morgan fingerprint density at radius 1 is 1.00 bits per heavy atom. The van der Waals surface area contributed by atoms with Crippen LogP contribution in [0.4, 0.5) is 0 Å². The van der Waals surface area contributed by atoms with Crippen molar-refractivity contribution in [2.45, 2.75) is 13.0 Å². The highest BCUT2D eigenvalue weighted by molar-refractivity contribution is 5.97. The Morgan fingerprint density at radius 3 is 1.90 bits per heavy atom. The fourth-order valence-corrected chi connectivity index (χ4v) is 1.73. The molecule has 1 amide bonds. The number of carbonyl (C=O) groups excluding carboxylic acids is 2. The van der Waals surface area contributed by atoms with E-state index >= 15 is 0 Å². The number of esters is 1. The number of carbonyl (C=O) groups is 2. The summed E-state index contributed by atoms with van der Waals surface area (Å²) in [6, 6.07) is 2.24. The van der Waals surface area contributed by atoms with Gasteiger partial charge in [-0.25, -0.2) is 4.79 Å². The van der Waals surface area contributed by atoms with Crippen LogP contribution in [0.15, 0.2) is 12.1 Å². The average molecular weight is 297 g/mol. The third kappa shape index (κ3) is 3.77. The molecule has 1 aromatic carbocycles. The summed E-state index contributed by atoms with van der Waals surface area (Å²) in [6.45, 7) is 1.53. The van der Waals surface area contributed by atoms with E-state index in [1.165, 1.54) is 47.5 Å². The van der Waals surface area contributed by atoms with Gasteiger partial charge in [-0.2, -0.15) is 0 Å². The van der Waals surface area contributed by atoms with Gasteiger partial charge < -0.3 is 24.3 Å². The minimum atomic E-state index is -0.762. The Kier molecular flexibility index (Phi) is 5.83. The summed E-state index contributed by atoms with van der Waals surface area (Å²) in [5.41, 5.74) is 0.278. The van der Waals surface area contributed by atoms with Crippen molar-refractivity contribution < 1.29 is 28.5 Å². The molecule has 7 heteroatoms. The molecule has 0 bridgehead atoms. The standard InChI is InChI=1S/C14H19NO6/c1-8(14(17)21-5)15-13(16)9-6-10(18-2)12(20-4)11(7-9)19-3/h6-8H,1-5H3,(H,15,16). The monoisotopic (exact) mass is 297 g/mol. The van der Waals surface area contributed by atoms with Crippen molar-refractivity contribution in [1.29, 1.82) is 0 Å². The van der Waals surface area contributed by atoms with Crippen LogP contribution in [0.5, 0.6) is 17.2 Å². The lowest BCUT2D eigenvalue weighted by atomic mass is 10.1. The molecule has 0 aliphatic rings. The lowest BCUT2D eigenvalue weighted by molar-refractivity contribution is -0.142. The van der Waals surface area contributed by atoms with E-state index in [0.29, 0.717) is 17.2 Å². The Morgan fingerprint density at radius 2 is 1.52 bits per heavy atom. The van der Waals surface area contributed by atoms with E-state index in [-0.39, 0.29) is 5.56 Å². The fraction of sp³-hybridized carbons (Fsp3) is 0.429. The zero-order valence-electron chi connectivity index (χ0n) is 12.7. The highest BCUT2D eigenvalue weighted by Gasteiger charge is 2.20. The first kappa shape index (κ1) is 16.6. The zero-order valence-corrected chi connectivity index (χ0v) is 12.7. The van der Waals surface area contributed by atoms with E-state index < -0.39 is 17.9 Å². The molecule has 0 spiro atoms. The van der Waals surface area contributed by atoms with Gasteiger partial charge in [0.25, 0.3) is 5.91 Å². The molecule has 0 aliphatic heterocycles. The largest absolute Gasteiger partial charge is 0.493 e. The predicted molar refractivity (Wildman–Crippen MR) is 75.0 cm³/mol. The van der Waals surface area contributed by atoms with E-state index in [1.54, 1.807) is 0 Å². The molecule has 0 aromatic heterocycles. The molecule has 0 saturated carbocycles. The van der Waals surface area contributed by atoms with Gasteiger partial charge in [0, 0.05) is 5.56 Å². The summed E-state index contributed by atoms with van der Waals surface area (Å²) in [5.74, 6) is 0.112. The van der Waals surface area contributed by atoms with Crippen molar-refractivity contribution in [1.82, 2.24) is 5.32 Å². The maximum Gasteiger partial charge on any atom is 0.328 e. The predicted octanol–water partition coefficient (Wildman–Crippen LogP) is 1.00. The van der Waals surface area contributed by atoms with Crippen molar-refractivity contribution in [3.05, 3.63) is 17.7 Å². The van der Waals surface area contributed by atoms with Gasteiger partial charge in [-0.05, 0) is 19.1 Å². The summed E-state index contributed by atoms with van der Waals surface area (Å²) in [7, 11) is 5.63. The average Bonchev–Trinajstić information content (AvgIpc) is 2.51. The van der Waals surface area contributed by atoms with Gasteiger partial charge in [-0.3, -0.25) is 4.79 Å². The smallest absolute Gasteiger partial charge is 0.328 e. The highest BCUT2D eigenvalue weighted by atomic mass is 16.5. The summed E-state index contributed by atoms with van der Waals surface area (Å²) in [4.78, 5) is 23.5. The van der Waals surface area contributed by atoms with Crippen molar-refractivity contribution >= 4 is 11.9 Å². The highest BCUT2D eigenvalue weighted by Crippen LogP contribution is 2.38. The van der Waals surface area contributed by atoms with E-state index in [1.807, 2.05) is 0 Å². The third-order valence-electron chi connectivity index (χ3n) is 2.83. The lowest BCUT2D eigenvalue weighted by Gasteiger charge is -2.15. The van der Waals surface area contributed by atoms with Gasteiger partial charge in [0.2, 0.25) is 5.75 Å². The molecule has 0 radical (unpaired) electrons. The summed E-state index contributed by atoms with van der Waals surface area (Å²) < 4.78 is 20.1. The van der Waals surface area contributed by atoms with Crippen molar-refractivity contribution in [2.24, 2.45) is 0 Å². The van der Waals surface area contributed by atoms with Crippen LogP contribution >= 0.6 is 0 Å². The van der Waals surface area contributed by atoms with Crippen molar-refractivity contribution in [3.63, 3.8) is 0 Å². The number of ether oxygens (including phenoxy) is 4. The number of amides is 1. The van der Waals surface area contributed by atoms with Crippen LogP contribution in [-0.2, 0) is 9.53 Å². The molecule has 0 aliphatic carbocycles. The van der Waals surface area contributed by atoms with E-state index in [0.717, 1.165) is 0 Å². The molecule has 1 rings (SSSR count). The van der Waals surface area contributed by atoms with Crippen LogP contribution < -0.4 is 19.5 Å². The van der Waals surface area contributed by atoms with E-state index in [4.69, 9.17) is 14.2 Å². The molecule has 1 atom stereocenters. The van der Waals surface area contributed by atoms with Crippen LogP contribution in [0.25, 0.3) is 0 Å². The van der Waals surface area contributed by atoms with Crippen molar-refractivity contribution in [3.8, 4) is 17.2 Å². The molecule has 116 valence electrons. The maximum atomic E-state index is 12.1. The second-order valence-electron chi connectivity index (χ2n) is 4.13. The SMILES string of the molecule is COC(=O)C(C)NC(=O)c1cc(OC)c(OC)c(OC)c1. The van der Waals surface area contributed by atoms with Gasteiger partial charge in [0.05, 0.1) is 28.4 Å². The number of benzene rings is 1. The Hall–Kier alpha value is -2.44. The lowest BCUT2D eigenvalue weighted by Crippen LogP contribution is -2.39. The minimum absolute atomic E-state index is 0.278. The number of methoxy groups -OCH3 is 4. The van der Waals surface area contributed by atoms with Gasteiger partial charge in [0.15, 0.2) is 11.5 Å². The van der Waals surface area contributed by atoms with Crippen molar-refractivity contribution in [2.75, 3.05) is 28.4 Å². The van der Waals surface area contributed by atoms with Gasteiger partial charge >= 0.3 is 5.97 Å². The van der Waals surface area contributed by atoms with Gasteiger partial charge in [-0.1, -0.05) is 0 Å². The Labute approximate surface area is 123 Å². The second kappa shape index (κ2) is 7.37. The number of nitrogens with one attached hydrogen (secondary N) is 1. The quantitative estimate of drug-likeness (QED) is 0.789. The molecule has 7 nitrogen and oxygen atoms in total. The minimum Gasteiger partial charge on any atom is -0.493 e. The Bertz CT molecular complexity index is 503. The molecule has 0 saturated heterocycles. The second-order valence-corrected chi connectivity index (χ2v) is 4.13. The van der Waals surface area contributed by atoms with Crippen LogP contribution in [0.3, 0.4) is 0 Å². The first-order chi connectivity index (χ1) is 9.98. The Balaban J connectivity index is 3.07. The number of hydrogen-bond donors (Lipinski definition) is 1. The first-order valence-electron chi connectivity index (χ1n) is 6.17. The third-order valence-corrected chi connectivity index (χ3v) is 2.83. The van der Waals surface area contributed by atoms with E-state index in [9.17, 15) is 9.59 Å². The summed E-state index contributed by atoms with van der Waals surface area (Å²) in [6.07, 6.45) is 0. The first-order valence-corrected chi connectivity index (χ1v) is 6.17. The molecular weight excluding hydrogens is 278 g/mol. The molecule has 1 N–H and O–H groups in total. The molecule has 1 aromatic rings. The maximum absolute atomic E-state index is 12.1. The van der Waals surface area contributed by atoms with Crippen LogP contribution in [0.1, 0.15) is 17.3 Å². The molecule has 0 fully saturated rings. The fourth-order valence-electron chi connectivity index (χ4n) is 1.73.